The van der Waals surface area contributed by atoms with Crippen molar-refractivity contribution in [2.45, 2.75) is 6.17 Å². The summed E-state index contributed by atoms with van der Waals surface area (Å²) in [5.74, 6) is 0.166. The summed E-state index contributed by atoms with van der Waals surface area (Å²) < 4.78 is 5.23. The number of benzene rings is 3. The minimum Gasteiger partial charge on any atom is -0.504 e. The number of nitrogens with one attached hydrogen (secondary N) is 1. The molecule has 0 unspecified atom stereocenters. The summed E-state index contributed by atoms with van der Waals surface area (Å²) in [5.41, 5.74) is 2.47. The second kappa shape index (κ2) is 6.85. The van der Waals surface area contributed by atoms with E-state index in [2.05, 4.69) is 5.32 Å². The number of aromatic hydroxyl groups is 1. The highest BCUT2D eigenvalue weighted by Gasteiger charge is 2.35. The molecule has 0 spiro atoms. The number of nitrogens with zero attached hydrogens (tertiary/aromatic N) is 1. The lowest BCUT2D eigenvalue weighted by molar-refractivity contribution is 0.0974. The summed E-state index contributed by atoms with van der Waals surface area (Å²) in [6.07, 6.45) is -0.608. The van der Waals surface area contributed by atoms with Crippen LogP contribution in [0.4, 0.5) is 11.4 Å². The number of amides is 1. The van der Waals surface area contributed by atoms with Gasteiger partial charge in [0.05, 0.1) is 12.7 Å². The predicted octanol–water partition coefficient (Wildman–Crippen LogP) is 4.83. The Morgan fingerprint density at radius 3 is 2.52 bits per heavy atom. The molecule has 0 radical (unpaired) electrons. The number of rotatable bonds is 3. The Labute approximate surface area is 161 Å². The van der Waals surface area contributed by atoms with Gasteiger partial charge in [0.25, 0.3) is 5.91 Å². The lowest BCUT2D eigenvalue weighted by Gasteiger charge is -2.38. The van der Waals surface area contributed by atoms with Crippen LogP contribution in [-0.4, -0.2) is 18.1 Å². The van der Waals surface area contributed by atoms with Crippen molar-refractivity contribution in [2.75, 3.05) is 17.3 Å². The number of halogens is 1. The van der Waals surface area contributed by atoms with E-state index in [1.807, 2.05) is 18.2 Å². The van der Waals surface area contributed by atoms with Gasteiger partial charge in [-0.15, -0.1) is 0 Å². The van der Waals surface area contributed by atoms with Gasteiger partial charge >= 0.3 is 0 Å². The van der Waals surface area contributed by atoms with E-state index in [1.54, 1.807) is 53.4 Å². The lowest BCUT2D eigenvalue weighted by atomic mass is 10.0. The van der Waals surface area contributed by atoms with Crippen LogP contribution in [0.2, 0.25) is 5.02 Å². The molecule has 3 aromatic rings. The molecule has 4 rings (SSSR count). The first-order valence-electron chi connectivity index (χ1n) is 8.40. The molecular formula is C21H17ClN2O3. The van der Waals surface area contributed by atoms with Gasteiger partial charge in [0, 0.05) is 22.0 Å². The van der Waals surface area contributed by atoms with Crippen LogP contribution in [0.3, 0.4) is 0 Å². The fourth-order valence-corrected chi connectivity index (χ4v) is 3.39. The number of phenols is 1. The zero-order chi connectivity index (χ0) is 19.0. The monoisotopic (exact) mass is 380 g/mol. The SMILES string of the molecule is COc1cccc([C@H]2Nc3ccccc3C(=O)N2c2ccc(Cl)cc2)c1O. The number of para-hydroxylation sites is 2. The van der Waals surface area contributed by atoms with Crippen LogP contribution in [-0.2, 0) is 0 Å². The molecule has 6 heteroatoms. The number of hydrogen-bond acceptors (Lipinski definition) is 4. The largest absolute Gasteiger partial charge is 0.504 e. The molecule has 136 valence electrons. The molecule has 5 nitrogen and oxygen atoms in total. The minimum atomic E-state index is -0.608. The average molecular weight is 381 g/mol. The molecule has 0 aromatic heterocycles. The topological polar surface area (TPSA) is 61.8 Å². The predicted molar refractivity (Wildman–Crippen MR) is 106 cm³/mol. The van der Waals surface area contributed by atoms with Gasteiger partial charge in [-0.2, -0.15) is 0 Å². The first-order valence-corrected chi connectivity index (χ1v) is 8.78. The molecule has 1 heterocycles. The summed E-state index contributed by atoms with van der Waals surface area (Å²) in [6, 6.07) is 19.5. The van der Waals surface area contributed by atoms with E-state index in [0.29, 0.717) is 33.3 Å². The Balaban J connectivity index is 1.89. The Morgan fingerprint density at radius 2 is 1.78 bits per heavy atom. The number of anilines is 2. The van der Waals surface area contributed by atoms with Gasteiger partial charge in [0.2, 0.25) is 0 Å². The third-order valence-corrected chi connectivity index (χ3v) is 4.83. The van der Waals surface area contributed by atoms with Crippen molar-refractivity contribution in [1.82, 2.24) is 0 Å². The number of carbonyl (C=O) groups is 1. The van der Waals surface area contributed by atoms with Crippen LogP contribution >= 0.6 is 11.6 Å². The van der Waals surface area contributed by atoms with Crippen molar-refractivity contribution in [3.63, 3.8) is 0 Å². The third kappa shape index (κ3) is 2.96. The van der Waals surface area contributed by atoms with Crippen LogP contribution < -0.4 is 15.0 Å². The Hall–Kier alpha value is -3.18. The van der Waals surface area contributed by atoms with Crippen molar-refractivity contribution >= 4 is 28.9 Å². The second-order valence-electron chi connectivity index (χ2n) is 6.14. The van der Waals surface area contributed by atoms with E-state index < -0.39 is 6.17 Å². The van der Waals surface area contributed by atoms with Crippen molar-refractivity contribution in [3.05, 3.63) is 82.9 Å². The second-order valence-corrected chi connectivity index (χ2v) is 6.58. The fraction of sp³-hybridized carbons (Fsp3) is 0.0952. The van der Waals surface area contributed by atoms with Crippen LogP contribution in [0.25, 0.3) is 0 Å². The quantitative estimate of drug-likeness (QED) is 0.683. The van der Waals surface area contributed by atoms with Gasteiger partial charge in [-0.05, 0) is 42.5 Å². The van der Waals surface area contributed by atoms with Crippen molar-refractivity contribution in [3.8, 4) is 11.5 Å². The highest BCUT2D eigenvalue weighted by Crippen LogP contribution is 2.42. The molecule has 0 aliphatic carbocycles. The smallest absolute Gasteiger partial charge is 0.262 e. The van der Waals surface area contributed by atoms with Gasteiger partial charge < -0.3 is 15.2 Å². The first kappa shape index (κ1) is 17.2. The molecule has 0 bridgehead atoms. The Bertz CT molecular complexity index is 1000. The summed E-state index contributed by atoms with van der Waals surface area (Å²) in [5, 5.41) is 14.6. The maximum Gasteiger partial charge on any atom is 0.262 e. The Morgan fingerprint density at radius 1 is 1.04 bits per heavy atom. The number of methoxy groups -OCH3 is 1. The molecule has 1 aliphatic rings. The Kier molecular flexibility index (Phi) is 4.38. The summed E-state index contributed by atoms with van der Waals surface area (Å²) in [6.45, 7) is 0. The van der Waals surface area contributed by atoms with Gasteiger partial charge in [0.1, 0.15) is 6.17 Å². The highest BCUT2D eigenvalue weighted by molar-refractivity contribution is 6.30. The molecular weight excluding hydrogens is 364 g/mol. The van der Waals surface area contributed by atoms with E-state index >= 15 is 0 Å². The van der Waals surface area contributed by atoms with Gasteiger partial charge in [-0.25, -0.2) is 0 Å². The molecule has 1 aliphatic heterocycles. The average Bonchev–Trinajstić information content (AvgIpc) is 2.69. The third-order valence-electron chi connectivity index (χ3n) is 4.58. The van der Waals surface area contributed by atoms with Gasteiger partial charge in [-0.1, -0.05) is 35.9 Å². The number of hydrogen-bond donors (Lipinski definition) is 2. The van der Waals surface area contributed by atoms with Crippen LogP contribution in [0, 0.1) is 0 Å². The highest BCUT2D eigenvalue weighted by atomic mass is 35.5. The van der Waals surface area contributed by atoms with Crippen molar-refractivity contribution in [2.24, 2.45) is 0 Å². The molecule has 0 saturated carbocycles. The molecule has 1 amide bonds. The zero-order valence-corrected chi connectivity index (χ0v) is 15.3. The number of fused-ring (bicyclic) bond motifs is 1. The number of phenolic OH excluding ortho intramolecular Hbond substituents is 1. The van der Waals surface area contributed by atoms with Crippen LogP contribution in [0.1, 0.15) is 22.1 Å². The number of carbonyl (C=O) groups excluding carboxylic acids is 1. The molecule has 0 fully saturated rings. The molecule has 1 atom stereocenters. The summed E-state index contributed by atoms with van der Waals surface area (Å²) >= 11 is 6.01. The molecule has 0 saturated heterocycles. The molecule has 3 aromatic carbocycles. The van der Waals surface area contributed by atoms with E-state index in [9.17, 15) is 9.90 Å². The van der Waals surface area contributed by atoms with Gasteiger partial charge in [0.15, 0.2) is 11.5 Å². The van der Waals surface area contributed by atoms with Crippen molar-refractivity contribution in [1.29, 1.82) is 0 Å². The van der Waals surface area contributed by atoms with Gasteiger partial charge in [-0.3, -0.25) is 9.69 Å². The lowest BCUT2D eigenvalue weighted by Crippen LogP contribution is -2.43. The molecule has 2 N–H and O–H groups in total. The maximum absolute atomic E-state index is 13.3. The van der Waals surface area contributed by atoms with E-state index in [0.717, 1.165) is 0 Å². The zero-order valence-electron chi connectivity index (χ0n) is 14.5. The van der Waals surface area contributed by atoms with Crippen molar-refractivity contribution < 1.29 is 14.6 Å². The van der Waals surface area contributed by atoms with Crippen LogP contribution in [0.15, 0.2) is 66.7 Å². The standard InChI is InChI=1S/C21H17ClN2O3/c1-27-18-8-4-6-16(19(18)25)20-23-17-7-3-2-5-15(17)21(26)24(20)14-11-9-13(22)10-12-14/h2-12,20,23,25H,1H3/t20-/m0/s1. The summed E-state index contributed by atoms with van der Waals surface area (Å²) in [4.78, 5) is 14.9. The van der Waals surface area contributed by atoms with E-state index in [-0.39, 0.29) is 11.7 Å². The fourth-order valence-electron chi connectivity index (χ4n) is 3.26. The van der Waals surface area contributed by atoms with Crippen LogP contribution in [0.5, 0.6) is 11.5 Å². The molecule has 27 heavy (non-hydrogen) atoms. The maximum atomic E-state index is 13.3. The first-order chi connectivity index (χ1) is 13.1. The van der Waals surface area contributed by atoms with E-state index in [4.69, 9.17) is 16.3 Å². The minimum absolute atomic E-state index is 0.0105. The summed E-state index contributed by atoms with van der Waals surface area (Å²) in [7, 11) is 1.49. The van der Waals surface area contributed by atoms with E-state index in [1.165, 1.54) is 7.11 Å². The normalized spacial score (nSPS) is 15.9. The number of ether oxygens (including phenoxy) is 1.